The molecule has 0 aromatic carbocycles. The first-order chi connectivity index (χ1) is 9.24. The first-order valence-corrected chi connectivity index (χ1v) is 6.99. The zero-order chi connectivity index (χ0) is 13.2. The van der Waals surface area contributed by atoms with Crippen LogP contribution in [0.3, 0.4) is 0 Å². The Morgan fingerprint density at radius 2 is 2.11 bits per heavy atom. The molecule has 2 aromatic heterocycles. The molecule has 0 radical (unpaired) electrons. The third-order valence-corrected chi connectivity index (χ3v) is 4.06. The number of aromatic amines is 1. The molecule has 0 spiro atoms. The highest BCUT2D eigenvalue weighted by molar-refractivity contribution is 5.68. The number of aryl methyl sites for hydroxylation is 1. The number of pyridine rings is 1. The maximum atomic E-state index is 5.72. The molecule has 4 heteroatoms. The second-order valence-corrected chi connectivity index (χ2v) is 5.55. The van der Waals surface area contributed by atoms with Crippen LogP contribution in [0.1, 0.15) is 36.8 Å². The van der Waals surface area contributed by atoms with Crippen molar-refractivity contribution in [2.45, 2.75) is 39.0 Å². The van der Waals surface area contributed by atoms with Crippen molar-refractivity contribution in [2.24, 2.45) is 5.92 Å². The SMILES string of the molecule is Cc1cncc(CC2CCCC2)c1-c1cc(N)n[nH]1. The summed E-state index contributed by atoms with van der Waals surface area (Å²) in [6, 6.07) is 1.90. The summed E-state index contributed by atoms with van der Waals surface area (Å²) in [5.41, 5.74) is 10.4. The van der Waals surface area contributed by atoms with Gasteiger partial charge in [-0.1, -0.05) is 25.7 Å². The smallest absolute Gasteiger partial charge is 0.145 e. The van der Waals surface area contributed by atoms with Crippen molar-refractivity contribution in [2.75, 3.05) is 5.73 Å². The second kappa shape index (κ2) is 5.03. The van der Waals surface area contributed by atoms with Gasteiger partial charge in [-0.25, -0.2) is 0 Å². The average Bonchev–Trinajstić information content (AvgIpc) is 3.01. The average molecular weight is 256 g/mol. The van der Waals surface area contributed by atoms with E-state index in [0.29, 0.717) is 5.82 Å². The summed E-state index contributed by atoms with van der Waals surface area (Å²) in [6.07, 6.45) is 10.5. The highest BCUT2D eigenvalue weighted by atomic mass is 15.2. The van der Waals surface area contributed by atoms with Crippen LogP contribution in [-0.2, 0) is 6.42 Å². The molecule has 19 heavy (non-hydrogen) atoms. The minimum atomic E-state index is 0.540. The van der Waals surface area contributed by atoms with E-state index in [9.17, 15) is 0 Å². The van der Waals surface area contributed by atoms with E-state index in [0.717, 1.165) is 18.0 Å². The summed E-state index contributed by atoms with van der Waals surface area (Å²) in [7, 11) is 0. The topological polar surface area (TPSA) is 67.6 Å². The quantitative estimate of drug-likeness (QED) is 0.886. The predicted octanol–water partition coefficient (Wildman–Crippen LogP) is 3.10. The summed E-state index contributed by atoms with van der Waals surface area (Å²) >= 11 is 0. The summed E-state index contributed by atoms with van der Waals surface area (Å²) in [5.74, 6) is 1.35. The number of H-pyrrole nitrogens is 1. The molecule has 2 heterocycles. The summed E-state index contributed by atoms with van der Waals surface area (Å²) in [5, 5.41) is 7.06. The lowest BCUT2D eigenvalue weighted by molar-refractivity contribution is 0.546. The fourth-order valence-electron chi connectivity index (χ4n) is 3.15. The fraction of sp³-hybridized carbons (Fsp3) is 0.467. The Morgan fingerprint density at radius 3 is 2.79 bits per heavy atom. The van der Waals surface area contributed by atoms with Crippen molar-refractivity contribution in [3.05, 3.63) is 29.6 Å². The van der Waals surface area contributed by atoms with Gasteiger partial charge < -0.3 is 5.73 Å². The Balaban J connectivity index is 1.97. The van der Waals surface area contributed by atoms with Gasteiger partial charge in [0.15, 0.2) is 0 Å². The number of anilines is 1. The van der Waals surface area contributed by atoms with Crippen LogP contribution in [0.25, 0.3) is 11.3 Å². The van der Waals surface area contributed by atoms with Gasteiger partial charge in [0.25, 0.3) is 0 Å². The lowest BCUT2D eigenvalue weighted by atomic mass is 9.93. The molecule has 3 N–H and O–H groups in total. The second-order valence-electron chi connectivity index (χ2n) is 5.55. The molecule has 1 fully saturated rings. The number of nitrogen functional groups attached to an aromatic ring is 1. The number of nitrogens with two attached hydrogens (primary N) is 1. The molecule has 0 bridgehead atoms. The molecule has 0 aliphatic heterocycles. The third kappa shape index (κ3) is 2.48. The monoisotopic (exact) mass is 256 g/mol. The van der Waals surface area contributed by atoms with Gasteiger partial charge in [-0.05, 0) is 30.4 Å². The number of nitrogens with zero attached hydrogens (tertiary/aromatic N) is 2. The number of hydrogen-bond acceptors (Lipinski definition) is 3. The molecule has 3 rings (SSSR count). The van der Waals surface area contributed by atoms with Gasteiger partial charge in [0.2, 0.25) is 0 Å². The van der Waals surface area contributed by atoms with Crippen LogP contribution >= 0.6 is 0 Å². The maximum absolute atomic E-state index is 5.72. The number of nitrogens with one attached hydrogen (secondary N) is 1. The molecule has 100 valence electrons. The summed E-state index contributed by atoms with van der Waals surface area (Å²) in [6.45, 7) is 2.09. The Morgan fingerprint density at radius 1 is 1.32 bits per heavy atom. The van der Waals surface area contributed by atoms with Gasteiger partial charge in [0.1, 0.15) is 5.82 Å². The van der Waals surface area contributed by atoms with E-state index in [1.807, 2.05) is 18.5 Å². The van der Waals surface area contributed by atoms with E-state index in [4.69, 9.17) is 5.73 Å². The third-order valence-electron chi connectivity index (χ3n) is 4.06. The molecule has 1 aliphatic carbocycles. The molecule has 1 saturated carbocycles. The van der Waals surface area contributed by atoms with Gasteiger partial charge in [-0.2, -0.15) is 5.10 Å². The van der Waals surface area contributed by atoms with E-state index in [1.165, 1.54) is 42.4 Å². The molecule has 0 atom stereocenters. The van der Waals surface area contributed by atoms with Gasteiger partial charge in [0, 0.05) is 24.0 Å². The number of aromatic nitrogens is 3. The molecule has 0 saturated heterocycles. The Bertz CT molecular complexity index is 567. The lowest BCUT2D eigenvalue weighted by Crippen LogP contribution is -2.03. The van der Waals surface area contributed by atoms with E-state index in [-0.39, 0.29) is 0 Å². The molecule has 0 amide bonds. The van der Waals surface area contributed by atoms with E-state index < -0.39 is 0 Å². The van der Waals surface area contributed by atoms with Gasteiger partial charge in [-0.3, -0.25) is 10.1 Å². The predicted molar refractivity (Wildman–Crippen MR) is 76.6 cm³/mol. The largest absolute Gasteiger partial charge is 0.382 e. The van der Waals surface area contributed by atoms with E-state index in [2.05, 4.69) is 22.1 Å². The van der Waals surface area contributed by atoms with Crippen LogP contribution in [0, 0.1) is 12.8 Å². The van der Waals surface area contributed by atoms with Crippen molar-refractivity contribution < 1.29 is 0 Å². The van der Waals surface area contributed by atoms with Crippen molar-refractivity contribution in [1.82, 2.24) is 15.2 Å². The van der Waals surface area contributed by atoms with Crippen LogP contribution < -0.4 is 5.73 Å². The van der Waals surface area contributed by atoms with Gasteiger partial charge in [0.05, 0.1) is 5.69 Å². The van der Waals surface area contributed by atoms with Crippen molar-refractivity contribution in [3.63, 3.8) is 0 Å². The standard InChI is InChI=1S/C15H20N4/c1-10-8-17-9-12(6-11-4-2-3-5-11)15(10)13-7-14(16)19-18-13/h7-9,11H,2-6H2,1H3,(H3,16,18,19). The van der Waals surface area contributed by atoms with E-state index >= 15 is 0 Å². The molecule has 4 nitrogen and oxygen atoms in total. The van der Waals surface area contributed by atoms with Crippen LogP contribution in [0.15, 0.2) is 18.5 Å². The minimum absolute atomic E-state index is 0.540. The summed E-state index contributed by atoms with van der Waals surface area (Å²) < 4.78 is 0. The first kappa shape index (κ1) is 12.2. The highest BCUT2D eigenvalue weighted by Crippen LogP contribution is 2.33. The van der Waals surface area contributed by atoms with Crippen LogP contribution in [0.4, 0.5) is 5.82 Å². The zero-order valence-electron chi connectivity index (χ0n) is 11.3. The molecule has 2 aromatic rings. The molecular formula is C15H20N4. The Hall–Kier alpha value is -1.84. The number of hydrogen-bond donors (Lipinski definition) is 2. The molecule has 1 aliphatic rings. The van der Waals surface area contributed by atoms with Gasteiger partial charge >= 0.3 is 0 Å². The first-order valence-electron chi connectivity index (χ1n) is 6.99. The molecule has 0 unspecified atom stereocenters. The highest BCUT2D eigenvalue weighted by Gasteiger charge is 2.19. The Labute approximate surface area is 113 Å². The van der Waals surface area contributed by atoms with Crippen molar-refractivity contribution in [3.8, 4) is 11.3 Å². The fourth-order valence-corrected chi connectivity index (χ4v) is 3.15. The Kier molecular flexibility index (Phi) is 3.23. The normalized spacial score (nSPS) is 16.1. The van der Waals surface area contributed by atoms with Gasteiger partial charge in [-0.15, -0.1) is 0 Å². The van der Waals surface area contributed by atoms with E-state index in [1.54, 1.807) is 0 Å². The lowest BCUT2D eigenvalue weighted by Gasteiger charge is -2.14. The van der Waals surface area contributed by atoms with Crippen molar-refractivity contribution >= 4 is 5.82 Å². The molecular weight excluding hydrogens is 236 g/mol. The maximum Gasteiger partial charge on any atom is 0.145 e. The van der Waals surface area contributed by atoms with Crippen molar-refractivity contribution in [1.29, 1.82) is 0 Å². The van der Waals surface area contributed by atoms with Crippen LogP contribution in [0.2, 0.25) is 0 Å². The minimum Gasteiger partial charge on any atom is -0.382 e. The number of rotatable bonds is 3. The van der Waals surface area contributed by atoms with Crippen LogP contribution in [-0.4, -0.2) is 15.2 Å². The van der Waals surface area contributed by atoms with Crippen LogP contribution in [0.5, 0.6) is 0 Å². The summed E-state index contributed by atoms with van der Waals surface area (Å²) in [4.78, 5) is 4.35. The zero-order valence-corrected chi connectivity index (χ0v) is 11.3.